The average molecular weight is 521 g/mol. The normalized spacial score (nSPS) is 13.4. The number of aromatic nitrogens is 1. The second-order valence-corrected chi connectivity index (χ2v) is 21.9. The summed E-state index contributed by atoms with van der Waals surface area (Å²) < 4.78 is 17.7. The highest BCUT2D eigenvalue weighted by Crippen LogP contribution is 2.38. The molecule has 0 aliphatic rings. The van der Waals surface area contributed by atoms with Gasteiger partial charge in [0, 0.05) is 16.5 Å². The lowest BCUT2D eigenvalue weighted by atomic mass is 10.1. The fourth-order valence-electron chi connectivity index (χ4n) is 2.94. The summed E-state index contributed by atoms with van der Waals surface area (Å²) in [5, 5.41) is 4.11. The molecule has 1 heterocycles. The third-order valence-electron chi connectivity index (χ3n) is 7.53. The number of hydrogen-bond donors (Lipinski definition) is 2. The monoisotopic (exact) mass is 520 g/mol. The van der Waals surface area contributed by atoms with Crippen LogP contribution in [0.2, 0.25) is 36.3 Å². The zero-order chi connectivity index (χ0) is 26.8. The lowest BCUT2D eigenvalue weighted by molar-refractivity contribution is 0.0595. The number of rotatable bonds is 9. The summed E-state index contributed by atoms with van der Waals surface area (Å²) in [4.78, 5) is 28.1. The zero-order valence-electron chi connectivity index (χ0n) is 23.3. The molecule has 7 nitrogen and oxygen atoms in total. The highest BCUT2D eigenvalue weighted by Gasteiger charge is 2.40. The van der Waals surface area contributed by atoms with Crippen LogP contribution in [0.3, 0.4) is 0 Å². The molecule has 0 bridgehead atoms. The first-order valence-corrected chi connectivity index (χ1v) is 18.0. The van der Waals surface area contributed by atoms with E-state index >= 15 is 0 Å². The number of carbonyl (C=O) groups excluding carboxylic acids is 2. The summed E-state index contributed by atoms with van der Waals surface area (Å²) in [6.07, 6.45) is 0. The van der Waals surface area contributed by atoms with Crippen molar-refractivity contribution in [1.82, 2.24) is 10.3 Å². The van der Waals surface area contributed by atoms with Gasteiger partial charge < -0.3 is 23.9 Å². The lowest BCUT2D eigenvalue weighted by Gasteiger charge is -2.39. The van der Waals surface area contributed by atoms with E-state index in [0.717, 1.165) is 5.39 Å². The van der Waals surface area contributed by atoms with E-state index in [2.05, 4.69) is 78.0 Å². The highest BCUT2D eigenvalue weighted by molar-refractivity contribution is 6.74. The van der Waals surface area contributed by atoms with Crippen LogP contribution in [-0.2, 0) is 13.6 Å². The number of hydrogen-bond acceptors (Lipinski definition) is 5. The Labute approximate surface area is 212 Å². The van der Waals surface area contributed by atoms with Gasteiger partial charge in [0.15, 0.2) is 16.6 Å². The van der Waals surface area contributed by atoms with Gasteiger partial charge in [0.1, 0.15) is 5.69 Å². The van der Waals surface area contributed by atoms with Crippen molar-refractivity contribution in [2.45, 2.75) is 83.8 Å². The molecule has 35 heavy (non-hydrogen) atoms. The van der Waals surface area contributed by atoms with E-state index in [1.54, 1.807) is 18.2 Å². The molecular formula is C26H44N2O5Si2. The molecule has 1 amide bonds. The molecule has 0 saturated carbocycles. The van der Waals surface area contributed by atoms with Gasteiger partial charge in [-0.15, -0.1) is 0 Å². The molecule has 196 valence electrons. The van der Waals surface area contributed by atoms with E-state index in [1.807, 2.05) is 6.07 Å². The Morgan fingerprint density at radius 1 is 0.914 bits per heavy atom. The van der Waals surface area contributed by atoms with Gasteiger partial charge in [-0.25, -0.2) is 4.79 Å². The van der Waals surface area contributed by atoms with Crippen molar-refractivity contribution >= 4 is 39.4 Å². The van der Waals surface area contributed by atoms with Crippen LogP contribution in [0, 0.1) is 0 Å². The molecule has 0 radical (unpaired) electrons. The summed E-state index contributed by atoms with van der Waals surface area (Å²) in [5.41, 5.74) is 1.55. The smallest absolute Gasteiger partial charge is 0.354 e. The molecule has 2 rings (SSSR count). The van der Waals surface area contributed by atoms with Crippen LogP contribution in [0.25, 0.3) is 10.9 Å². The van der Waals surface area contributed by atoms with Crippen LogP contribution >= 0.6 is 0 Å². The Morgan fingerprint density at radius 2 is 1.43 bits per heavy atom. The largest absolute Gasteiger partial charge is 0.464 e. The third kappa shape index (κ3) is 7.28. The predicted octanol–water partition coefficient (Wildman–Crippen LogP) is 6.10. The van der Waals surface area contributed by atoms with Crippen LogP contribution < -0.4 is 5.32 Å². The first-order chi connectivity index (χ1) is 15.9. The van der Waals surface area contributed by atoms with Crippen molar-refractivity contribution in [3.8, 4) is 0 Å². The molecule has 0 fully saturated rings. The average Bonchev–Trinajstić information content (AvgIpc) is 3.16. The highest BCUT2D eigenvalue weighted by atomic mass is 28.4. The van der Waals surface area contributed by atoms with Crippen molar-refractivity contribution in [1.29, 1.82) is 0 Å². The Hall–Kier alpha value is -1.95. The maximum atomic E-state index is 13.2. The number of aromatic amines is 1. The quantitative estimate of drug-likeness (QED) is 0.308. The van der Waals surface area contributed by atoms with Gasteiger partial charge in [-0.2, -0.15) is 0 Å². The summed E-state index contributed by atoms with van der Waals surface area (Å²) in [6.45, 7) is 22.8. The van der Waals surface area contributed by atoms with Gasteiger partial charge in [-0.1, -0.05) is 47.6 Å². The Kier molecular flexibility index (Phi) is 8.85. The van der Waals surface area contributed by atoms with Crippen molar-refractivity contribution in [2.75, 3.05) is 20.3 Å². The van der Waals surface area contributed by atoms with Gasteiger partial charge in [-0.05, 0) is 54.5 Å². The van der Waals surface area contributed by atoms with Crippen LogP contribution in [0.4, 0.5) is 0 Å². The van der Waals surface area contributed by atoms with Gasteiger partial charge in [-0.3, -0.25) is 4.79 Å². The lowest BCUT2D eigenvalue weighted by Crippen LogP contribution is -2.50. The summed E-state index contributed by atoms with van der Waals surface area (Å²) in [5.74, 6) is -0.651. The zero-order valence-corrected chi connectivity index (χ0v) is 25.3. The molecule has 1 aromatic heterocycles. The number of nitrogens with one attached hydrogen (secondary N) is 2. The van der Waals surface area contributed by atoms with Crippen molar-refractivity contribution in [3.63, 3.8) is 0 Å². The number of esters is 1. The predicted molar refractivity (Wildman–Crippen MR) is 147 cm³/mol. The number of fused-ring (bicyclic) bond motifs is 1. The minimum atomic E-state index is -2.00. The SMILES string of the molecule is COC(=O)c1cc2ccc(C(=O)NC(CO[Si](C)(C)C(C)(C)C)CO[Si](C)(C)C(C)(C)C)cc2[nH]1. The van der Waals surface area contributed by atoms with Gasteiger partial charge in [0.2, 0.25) is 0 Å². The Bertz CT molecular complexity index is 1020. The number of H-pyrrole nitrogens is 1. The minimum Gasteiger partial charge on any atom is -0.464 e. The fourth-order valence-corrected chi connectivity index (χ4v) is 5.04. The third-order valence-corrected chi connectivity index (χ3v) is 16.5. The second-order valence-electron chi connectivity index (χ2n) is 12.3. The Morgan fingerprint density at radius 3 is 1.89 bits per heavy atom. The minimum absolute atomic E-state index is 0.0673. The van der Waals surface area contributed by atoms with Gasteiger partial charge >= 0.3 is 5.97 Å². The molecule has 9 heteroatoms. The maximum Gasteiger partial charge on any atom is 0.354 e. The van der Waals surface area contributed by atoms with E-state index in [4.69, 9.17) is 13.6 Å². The first kappa shape index (κ1) is 29.3. The van der Waals surface area contributed by atoms with E-state index in [9.17, 15) is 9.59 Å². The molecule has 0 spiro atoms. The molecule has 0 aliphatic carbocycles. The molecule has 0 unspecified atom stereocenters. The topological polar surface area (TPSA) is 89.7 Å². The number of ether oxygens (including phenoxy) is 1. The second kappa shape index (κ2) is 10.6. The standard InChI is InChI=1S/C26H44N2O5Si2/c1-25(2,3)34(8,9)32-16-20(17-33-35(10,11)26(4,5)6)27-23(29)19-13-12-18-14-22(24(30)31-7)28-21(18)15-19/h12-15,20,28H,16-17H2,1-11H3,(H,27,29). The van der Waals surface area contributed by atoms with E-state index < -0.39 is 22.6 Å². The van der Waals surface area contributed by atoms with Crippen LogP contribution in [-0.4, -0.2) is 59.9 Å². The summed E-state index contributed by atoms with van der Waals surface area (Å²) >= 11 is 0. The van der Waals surface area contributed by atoms with Crippen molar-refractivity contribution in [3.05, 3.63) is 35.5 Å². The van der Waals surface area contributed by atoms with Gasteiger partial charge in [0.05, 0.1) is 26.4 Å². The van der Waals surface area contributed by atoms with E-state index in [1.165, 1.54) is 7.11 Å². The van der Waals surface area contributed by atoms with Crippen LogP contribution in [0.1, 0.15) is 62.4 Å². The summed E-state index contributed by atoms with van der Waals surface area (Å²) in [6, 6.07) is 6.76. The summed E-state index contributed by atoms with van der Waals surface area (Å²) in [7, 11) is -2.67. The van der Waals surface area contributed by atoms with Crippen molar-refractivity contribution in [2.24, 2.45) is 0 Å². The van der Waals surface area contributed by atoms with Crippen molar-refractivity contribution < 1.29 is 23.2 Å². The number of amides is 1. The Balaban J connectivity index is 2.23. The molecular weight excluding hydrogens is 476 g/mol. The van der Waals surface area contributed by atoms with E-state index in [-0.39, 0.29) is 22.0 Å². The maximum absolute atomic E-state index is 13.2. The molecule has 2 aromatic rings. The molecule has 2 N–H and O–H groups in total. The molecule has 1 aromatic carbocycles. The van der Waals surface area contributed by atoms with Crippen LogP contribution in [0.5, 0.6) is 0 Å². The van der Waals surface area contributed by atoms with Crippen LogP contribution in [0.15, 0.2) is 24.3 Å². The van der Waals surface area contributed by atoms with E-state index in [0.29, 0.717) is 30.0 Å². The molecule has 0 aliphatic heterocycles. The first-order valence-electron chi connectivity index (χ1n) is 12.2. The fraction of sp³-hybridized carbons (Fsp3) is 0.615. The number of benzene rings is 1. The molecule has 0 atom stereocenters. The number of carbonyl (C=O) groups is 2. The van der Waals surface area contributed by atoms with Gasteiger partial charge in [0.25, 0.3) is 5.91 Å². The number of methoxy groups -OCH3 is 1. The molecule has 0 saturated heterocycles.